The Balaban J connectivity index is 2.00. The van der Waals surface area contributed by atoms with Crippen molar-refractivity contribution in [3.8, 4) is 23.0 Å². The molecular formula is C25H30F2N2O6. The molecule has 2 rings (SSSR count). The SMILES string of the molecule is CCOc1ccc(NC(=O)CN(C)C(=O)/C=C/c2ccc(OC(F)F)c(OCC)c2)cc1OCC. The molecule has 0 bridgehead atoms. The number of benzene rings is 2. The molecule has 1 N–H and O–H groups in total. The molecule has 10 heteroatoms. The number of carbonyl (C=O) groups excluding carboxylic acids is 2. The van der Waals surface area contributed by atoms with Gasteiger partial charge in [0.05, 0.1) is 26.4 Å². The van der Waals surface area contributed by atoms with Crippen LogP contribution in [0.15, 0.2) is 42.5 Å². The summed E-state index contributed by atoms with van der Waals surface area (Å²) in [5.74, 6) is 0.306. The number of amides is 2. The molecule has 2 aromatic carbocycles. The van der Waals surface area contributed by atoms with Crippen LogP contribution in [0.25, 0.3) is 6.08 Å². The van der Waals surface area contributed by atoms with E-state index in [1.54, 1.807) is 25.1 Å². The van der Waals surface area contributed by atoms with E-state index in [0.717, 1.165) is 0 Å². The Hall–Kier alpha value is -3.82. The average Bonchev–Trinajstić information content (AvgIpc) is 2.80. The number of rotatable bonds is 13. The number of alkyl halides is 2. The minimum absolute atomic E-state index is 0.0964. The lowest BCUT2D eigenvalue weighted by Crippen LogP contribution is -2.33. The van der Waals surface area contributed by atoms with Crippen LogP contribution in [0.5, 0.6) is 23.0 Å². The van der Waals surface area contributed by atoms with E-state index in [1.807, 2.05) is 13.8 Å². The highest BCUT2D eigenvalue weighted by molar-refractivity contribution is 5.98. The van der Waals surface area contributed by atoms with Crippen molar-refractivity contribution in [1.82, 2.24) is 4.90 Å². The largest absolute Gasteiger partial charge is 0.490 e. The predicted molar refractivity (Wildman–Crippen MR) is 128 cm³/mol. The zero-order chi connectivity index (χ0) is 25.8. The van der Waals surface area contributed by atoms with Crippen molar-refractivity contribution in [1.29, 1.82) is 0 Å². The molecule has 2 aromatic rings. The van der Waals surface area contributed by atoms with Gasteiger partial charge in [0.1, 0.15) is 0 Å². The Bertz CT molecular complexity index is 1030. The highest BCUT2D eigenvalue weighted by Gasteiger charge is 2.14. The summed E-state index contributed by atoms with van der Waals surface area (Å²) in [4.78, 5) is 26.1. The summed E-state index contributed by atoms with van der Waals surface area (Å²) in [5.41, 5.74) is 1.05. The lowest BCUT2D eigenvalue weighted by molar-refractivity contribution is -0.129. The molecular weight excluding hydrogens is 462 g/mol. The Labute approximate surface area is 203 Å². The molecule has 0 radical (unpaired) electrons. The molecule has 0 saturated carbocycles. The van der Waals surface area contributed by atoms with Gasteiger partial charge in [-0.15, -0.1) is 0 Å². The molecule has 0 fully saturated rings. The van der Waals surface area contributed by atoms with Crippen LogP contribution < -0.4 is 24.3 Å². The molecule has 0 saturated heterocycles. The number of hydrogen-bond acceptors (Lipinski definition) is 6. The summed E-state index contributed by atoms with van der Waals surface area (Å²) in [6.07, 6.45) is 2.77. The van der Waals surface area contributed by atoms with E-state index in [9.17, 15) is 18.4 Å². The number of halogens is 2. The van der Waals surface area contributed by atoms with Gasteiger partial charge in [0.25, 0.3) is 0 Å². The maximum atomic E-state index is 12.5. The fourth-order valence-corrected chi connectivity index (χ4v) is 3.01. The molecule has 0 aromatic heterocycles. The Morgan fingerprint density at radius 3 is 2.14 bits per heavy atom. The van der Waals surface area contributed by atoms with E-state index in [0.29, 0.717) is 36.0 Å². The van der Waals surface area contributed by atoms with Crippen molar-refractivity contribution < 1.29 is 37.3 Å². The number of nitrogens with one attached hydrogen (secondary N) is 1. The van der Waals surface area contributed by atoms with Crippen LogP contribution in [0.3, 0.4) is 0 Å². The third-order valence-corrected chi connectivity index (χ3v) is 4.49. The number of anilines is 1. The van der Waals surface area contributed by atoms with Crippen LogP contribution in [-0.4, -0.2) is 56.7 Å². The lowest BCUT2D eigenvalue weighted by atomic mass is 10.2. The quantitative estimate of drug-likeness (QED) is 0.412. The van der Waals surface area contributed by atoms with Crippen molar-refractivity contribution in [3.63, 3.8) is 0 Å². The molecule has 0 aliphatic carbocycles. The Morgan fingerprint density at radius 1 is 0.914 bits per heavy atom. The molecule has 0 spiro atoms. The molecule has 35 heavy (non-hydrogen) atoms. The van der Waals surface area contributed by atoms with Gasteiger partial charge in [0.2, 0.25) is 11.8 Å². The summed E-state index contributed by atoms with van der Waals surface area (Å²) in [5, 5.41) is 2.73. The van der Waals surface area contributed by atoms with Gasteiger partial charge >= 0.3 is 6.61 Å². The smallest absolute Gasteiger partial charge is 0.387 e. The fraction of sp³-hybridized carbons (Fsp3) is 0.360. The van der Waals surface area contributed by atoms with Crippen LogP contribution >= 0.6 is 0 Å². The average molecular weight is 493 g/mol. The number of hydrogen-bond donors (Lipinski definition) is 1. The zero-order valence-corrected chi connectivity index (χ0v) is 20.2. The van der Waals surface area contributed by atoms with E-state index < -0.39 is 18.4 Å². The number of carbonyl (C=O) groups is 2. The van der Waals surface area contributed by atoms with E-state index in [-0.39, 0.29) is 24.7 Å². The van der Waals surface area contributed by atoms with Crippen molar-refractivity contribution in [2.45, 2.75) is 27.4 Å². The second-order valence-electron chi connectivity index (χ2n) is 7.12. The monoisotopic (exact) mass is 492 g/mol. The van der Waals surface area contributed by atoms with Crippen molar-refractivity contribution in [3.05, 3.63) is 48.0 Å². The molecule has 0 heterocycles. The van der Waals surface area contributed by atoms with E-state index in [1.165, 1.54) is 42.3 Å². The van der Waals surface area contributed by atoms with Crippen LogP contribution in [-0.2, 0) is 9.59 Å². The topological polar surface area (TPSA) is 86.3 Å². The van der Waals surface area contributed by atoms with Gasteiger partial charge in [-0.1, -0.05) is 6.07 Å². The Morgan fingerprint density at radius 2 is 1.51 bits per heavy atom. The maximum absolute atomic E-state index is 12.5. The second-order valence-corrected chi connectivity index (χ2v) is 7.12. The molecule has 0 aliphatic heterocycles. The van der Waals surface area contributed by atoms with Gasteiger partial charge in [-0.05, 0) is 56.7 Å². The van der Waals surface area contributed by atoms with E-state index >= 15 is 0 Å². The summed E-state index contributed by atoms with van der Waals surface area (Å²) in [6.45, 7) is 3.42. The minimum Gasteiger partial charge on any atom is -0.490 e. The minimum atomic E-state index is -2.98. The fourth-order valence-electron chi connectivity index (χ4n) is 3.01. The maximum Gasteiger partial charge on any atom is 0.387 e. The first kappa shape index (κ1) is 27.4. The summed E-state index contributed by atoms with van der Waals surface area (Å²) < 4.78 is 45.9. The predicted octanol–water partition coefficient (Wildman–Crippen LogP) is 4.59. The second kappa shape index (κ2) is 13.8. The lowest BCUT2D eigenvalue weighted by Gasteiger charge is -2.16. The number of ether oxygens (including phenoxy) is 4. The highest BCUT2D eigenvalue weighted by Crippen LogP contribution is 2.31. The van der Waals surface area contributed by atoms with Crippen LogP contribution in [0.4, 0.5) is 14.5 Å². The standard InChI is InChI=1S/C25H30F2N2O6/c1-5-32-19-12-10-18(15-22(19)34-7-3)28-23(30)16-29(4)24(31)13-9-17-8-11-20(35-25(26)27)21(14-17)33-6-2/h8-15,25H,5-7,16H2,1-4H3,(H,28,30)/b13-9+. The van der Waals surface area contributed by atoms with Crippen molar-refractivity contribution in [2.24, 2.45) is 0 Å². The van der Waals surface area contributed by atoms with Crippen LogP contribution in [0.2, 0.25) is 0 Å². The van der Waals surface area contributed by atoms with Crippen molar-refractivity contribution in [2.75, 3.05) is 38.7 Å². The van der Waals surface area contributed by atoms with Crippen LogP contribution in [0, 0.1) is 0 Å². The first-order valence-corrected chi connectivity index (χ1v) is 11.1. The highest BCUT2D eigenvalue weighted by atomic mass is 19.3. The number of likely N-dealkylation sites (N-methyl/N-ethyl adjacent to an activating group) is 1. The first-order chi connectivity index (χ1) is 16.8. The zero-order valence-electron chi connectivity index (χ0n) is 20.2. The van der Waals surface area contributed by atoms with Gasteiger partial charge in [0.15, 0.2) is 23.0 Å². The third kappa shape index (κ3) is 8.80. The molecule has 190 valence electrons. The molecule has 2 amide bonds. The molecule has 0 atom stereocenters. The number of nitrogens with zero attached hydrogens (tertiary/aromatic N) is 1. The van der Waals surface area contributed by atoms with Gasteiger partial charge in [-0.2, -0.15) is 8.78 Å². The normalized spacial score (nSPS) is 10.8. The molecule has 8 nitrogen and oxygen atoms in total. The summed E-state index contributed by atoms with van der Waals surface area (Å²) in [7, 11) is 1.49. The van der Waals surface area contributed by atoms with E-state index in [2.05, 4.69) is 10.1 Å². The summed E-state index contributed by atoms with van der Waals surface area (Å²) >= 11 is 0. The third-order valence-electron chi connectivity index (χ3n) is 4.49. The van der Waals surface area contributed by atoms with E-state index in [4.69, 9.17) is 14.2 Å². The van der Waals surface area contributed by atoms with Crippen LogP contribution in [0.1, 0.15) is 26.3 Å². The van der Waals surface area contributed by atoms with Gasteiger partial charge in [-0.25, -0.2) is 0 Å². The summed E-state index contributed by atoms with van der Waals surface area (Å²) in [6, 6.07) is 9.38. The molecule has 0 unspecified atom stereocenters. The van der Waals surface area contributed by atoms with Crippen molar-refractivity contribution >= 4 is 23.6 Å². The molecule has 0 aliphatic rings. The van der Waals surface area contributed by atoms with Gasteiger partial charge in [0, 0.05) is 24.9 Å². The Kier molecular flexibility index (Phi) is 10.8. The first-order valence-electron chi connectivity index (χ1n) is 11.1. The van der Waals surface area contributed by atoms with Gasteiger partial charge in [-0.3, -0.25) is 9.59 Å². The van der Waals surface area contributed by atoms with Gasteiger partial charge < -0.3 is 29.2 Å².